The maximum absolute atomic E-state index is 4.12. The normalized spacial score (nSPS) is 11.7. The van der Waals surface area contributed by atoms with Gasteiger partial charge < -0.3 is 0 Å². The molecule has 0 saturated heterocycles. The van der Waals surface area contributed by atoms with Crippen molar-refractivity contribution < 1.29 is 0 Å². The zero-order valence-corrected chi connectivity index (χ0v) is 10.1. The Bertz CT molecular complexity index is 532. The predicted molar refractivity (Wildman–Crippen MR) is 72.7 cm³/mol. The number of nitrogens with zero attached hydrogens (tertiary/aromatic N) is 3. The highest BCUT2D eigenvalue weighted by Crippen LogP contribution is 2.09. The van der Waals surface area contributed by atoms with Crippen LogP contribution in [0.25, 0.3) is 0 Å². The molecule has 2 aromatic carbocycles. The van der Waals surface area contributed by atoms with Crippen molar-refractivity contribution in [3.05, 3.63) is 66.2 Å². The SMILES string of the molecule is C/C(=N\NN=Nc1ccccc1)c1ccccc1. The van der Waals surface area contributed by atoms with Crippen LogP contribution in [0.5, 0.6) is 0 Å². The molecule has 2 rings (SSSR count). The van der Waals surface area contributed by atoms with Crippen molar-refractivity contribution in [3.8, 4) is 0 Å². The smallest absolute Gasteiger partial charge is 0.0874 e. The van der Waals surface area contributed by atoms with Gasteiger partial charge in [0.1, 0.15) is 0 Å². The summed E-state index contributed by atoms with van der Waals surface area (Å²) in [6.07, 6.45) is 0. The van der Waals surface area contributed by atoms with Crippen LogP contribution in [0.15, 0.2) is 76.1 Å². The van der Waals surface area contributed by atoms with E-state index in [1.54, 1.807) is 0 Å². The Morgan fingerprint density at radius 3 is 2.17 bits per heavy atom. The molecule has 2 aromatic rings. The van der Waals surface area contributed by atoms with Gasteiger partial charge in [0.2, 0.25) is 0 Å². The Kier molecular flexibility index (Phi) is 4.19. The van der Waals surface area contributed by atoms with E-state index in [0.29, 0.717) is 0 Å². The third kappa shape index (κ3) is 3.52. The fourth-order valence-corrected chi connectivity index (χ4v) is 1.42. The van der Waals surface area contributed by atoms with Gasteiger partial charge in [-0.05, 0) is 24.6 Å². The third-order valence-electron chi connectivity index (χ3n) is 2.38. The molecule has 0 fully saturated rings. The number of rotatable bonds is 4. The summed E-state index contributed by atoms with van der Waals surface area (Å²) in [4.78, 5) is 0. The second-order valence-electron chi connectivity index (χ2n) is 3.70. The molecule has 18 heavy (non-hydrogen) atoms. The summed E-state index contributed by atoms with van der Waals surface area (Å²) in [5.74, 6) is 0. The van der Waals surface area contributed by atoms with Gasteiger partial charge >= 0.3 is 0 Å². The molecule has 0 aromatic heterocycles. The summed E-state index contributed by atoms with van der Waals surface area (Å²) in [7, 11) is 0. The van der Waals surface area contributed by atoms with Crippen LogP contribution < -0.4 is 5.53 Å². The van der Waals surface area contributed by atoms with Crippen LogP contribution >= 0.6 is 0 Å². The van der Waals surface area contributed by atoms with Gasteiger partial charge in [0.25, 0.3) is 0 Å². The molecular weight excluding hydrogens is 224 g/mol. The van der Waals surface area contributed by atoms with E-state index in [0.717, 1.165) is 17.0 Å². The predicted octanol–water partition coefficient (Wildman–Crippen LogP) is 3.70. The zero-order valence-electron chi connectivity index (χ0n) is 10.1. The minimum atomic E-state index is 0.789. The number of hydrogen-bond donors (Lipinski definition) is 1. The van der Waals surface area contributed by atoms with Crippen molar-refractivity contribution >= 4 is 11.4 Å². The molecule has 4 nitrogen and oxygen atoms in total. The average molecular weight is 238 g/mol. The van der Waals surface area contributed by atoms with Gasteiger partial charge in [-0.25, -0.2) is 0 Å². The van der Waals surface area contributed by atoms with Crippen molar-refractivity contribution in [3.63, 3.8) is 0 Å². The number of hydrogen-bond acceptors (Lipinski definition) is 3. The van der Waals surface area contributed by atoms with E-state index in [1.807, 2.05) is 67.6 Å². The molecule has 0 bridgehead atoms. The second kappa shape index (κ2) is 6.30. The quantitative estimate of drug-likeness (QED) is 0.493. The minimum Gasteiger partial charge on any atom is -0.179 e. The number of hydrazone groups is 1. The molecular formula is C14H14N4. The van der Waals surface area contributed by atoms with E-state index in [1.165, 1.54) is 0 Å². The molecule has 0 aliphatic rings. The molecule has 0 amide bonds. The van der Waals surface area contributed by atoms with Crippen molar-refractivity contribution in [2.24, 2.45) is 15.4 Å². The van der Waals surface area contributed by atoms with Crippen molar-refractivity contribution in [1.82, 2.24) is 5.53 Å². The Labute approximate surface area is 106 Å². The van der Waals surface area contributed by atoms with E-state index in [4.69, 9.17) is 0 Å². The average Bonchev–Trinajstić information content (AvgIpc) is 2.45. The molecule has 0 spiro atoms. The lowest BCUT2D eigenvalue weighted by Gasteiger charge is -1.98. The van der Waals surface area contributed by atoms with Crippen LogP contribution in [0.1, 0.15) is 12.5 Å². The van der Waals surface area contributed by atoms with Crippen LogP contribution in [0, 0.1) is 0 Å². The van der Waals surface area contributed by atoms with Crippen LogP contribution in [-0.2, 0) is 0 Å². The molecule has 0 atom stereocenters. The molecule has 4 heteroatoms. The Hall–Kier alpha value is -2.49. The summed E-state index contributed by atoms with van der Waals surface area (Å²) in [6, 6.07) is 19.4. The fourth-order valence-electron chi connectivity index (χ4n) is 1.42. The van der Waals surface area contributed by atoms with Gasteiger partial charge in [-0.2, -0.15) is 10.6 Å². The molecule has 0 aliphatic heterocycles. The van der Waals surface area contributed by atoms with Crippen LogP contribution in [0.2, 0.25) is 0 Å². The largest absolute Gasteiger partial charge is 0.179 e. The summed E-state index contributed by atoms with van der Waals surface area (Å²) in [5.41, 5.74) is 5.29. The van der Waals surface area contributed by atoms with Gasteiger partial charge in [0.05, 0.1) is 11.4 Å². The fraction of sp³-hybridized carbons (Fsp3) is 0.0714. The lowest BCUT2D eigenvalue weighted by Crippen LogP contribution is -2.01. The molecule has 1 N–H and O–H groups in total. The Morgan fingerprint density at radius 1 is 0.889 bits per heavy atom. The van der Waals surface area contributed by atoms with Gasteiger partial charge in [0.15, 0.2) is 0 Å². The summed E-state index contributed by atoms with van der Waals surface area (Å²) >= 11 is 0. The Morgan fingerprint density at radius 2 is 1.50 bits per heavy atom. The highest BCUT2D eigenvalue weighted by atomic mass is 15.6. The first-order valence-electron chi connectivity index (χ1n) is 5.67. The van der Waals surface area contributed by atoms with Gasteiger partial charge in [-0.15, -0.1) is 5.11 Å². The lowest BCUT2D eigenvalue weighted by atomic mass is 10.1. The number of nitrogens with one attached hydrogen (secondary N) is 1. The van der Waals surface area contributed by atoms with Crippen LogP contribution in [-0.4, -0.2) is 5.71 Å². The van der Waals surface area contributed by atoms with Gasteiger partial charge in [-0.3, -0.25) is 0 Å². The highest BCUT2D eigenvalue weighted by molar-refractivity contribution is 5.98. The van der Waals surface area contributed by atoms with E-state index < -0.39 is 0 Å². The molecule has 0 unspecified atom stereocenters. The first-order chi connectivity index (χ1) is 8.86. The van der Waals surface area contributed by atoms with Crippen molar-refractivity contribution in [2.45, 2.75) is 6.92 Å². The van der Waals surface area contributed by atoms with E-state index >= 15 is 0 Å². The van der Waals surface area contributed by atoms with Crippen LogP contribution in [0.4, 0.5) is 5.69 Å². The molecule has 0 saturated carbocycles. The monoisotopic (exact) mass is 238 g/mol. The maximum atomic E-state index is 4.12. The second-order valence-corrected chi connectivity index (χ2v) is 3.70. The van der Waals surface area contributed by atoms with E-state index in [9.17, 15) is 0 Å². The molecule has 0 heterocycles. The first-order valence-corrected chi connectivity index (χ1v) is 5.67. The molecule has 0 aliphatic carbocycles. The first kappa shape index (κ1) is 12.0. The maximum Gasteiger partial charge on any atom is 0.0874 e. The summed E-state index contributed by atoms with van der Waals surface area (Å²) < 4.78 is 0. The van der Waals surface area contributed by atoms with Gasteiger partial charge in [-0.1, -0.05) is 53.8 Å². The molecule has 0 radical (unpaired) electrons. The summed E-state index contributed by atoms with van der Waals surface area (Å²) in [5, 5.41) is 11.9. The van der Waals surface area contributed by atoms with Crippen molar-refractivity contribution in [2.75, 3.05) is 0 Å². The summed E-state index contributed by atoms with van der Waals surface area (Å²) in [6.45, 7) is 1.92. The zero-order chi connectivity index (χ0) is 12.6. The van der Waals surface area contributed by atoms with Crippen molar-refractivity contribution in [1.29, 1.82) is 0 Å². The van der Waals surface area contributed by atoms with E-state index in [2.05, 4.69) is 21.0 Å². The number of benzene rings is 2. The standard InChI is InChI=1S/C14H14N4/c1-12(13-8-4-2-5-9-13)15-17-18-16-14-10-6-3-7-11-14/h2-11H,1H3,(H,16,17)/b15-12+. The highest BCUT2D eigenvalue weighted by Gasteiger charge is 1.93. The lowest BCUT2D eigenvalue weighted by molar-refractivity contribution is 0.749. The Balaban J connectivity index is 1.94. The van der Waals surface area contributed by atoms with E-state index in [-0.39, 0.29) is 0 Å². The topological polar surface area (TPSA) is 49.1 Å². The minimum absolute atomic E-state index is 0.789. The molecule has 90 valence electrons. The third-order valence-corrected chi connectivity index (χ3v) is 2.38. The van der Waals surface area contributed by atoms with Crippen LogP contribution in [0.3, 0.4) is 0 Å². The van der Waals surface area contributed by atoms with Gasteiger partial charge in [0, 0.05) is 0 Å².